The van der Waals surface area contributed by atoms with E-state index in [1.54, 1.807) is 19.0 Å². The Balaban J connectivity index is 2.73. The fraction of sp³-hybridized carbons (Fsp3) is 0.538. The summed E-state index contributed by atoms with van der Waals surface area (Å²) < 4.78 is 13.2. The summed E-state index contributed by atoms with van der Waals surface area (Å²) in [7, 11) is 7.33. The number of aromatic nitrogens is 1. The van der Waals surface area contributed by atoms with E-state index in [0.29, 0.717) is 12.4 Å². The molecule has 1 rings (SSSR count). The van der Waals surface area contributed by atoms with Gasteiger partial charge >= 0.3 is 0 Å². The van der Waals surface area contributed by atoms with E-state index >= 15 is 0 Å². The van der Waals surface area contributed by atoms with Crippen LogP contribution in [0.2, 0.25) is 0 Å². The lowest BCUT2D eigenvalue weighted by molar-refractivity contribution is 0.0790. The van der Waals surface area contributed by atoms with Gasteiger partial charge in [-0.2, -0.15) is 0 Å². The van der Waals surface area contributed by atoms with Crippen LogP contribution in [-0.4, -0.2) is 62.0 Å². The lowest BCUT2D eigenvalue weighted by atomic mass is 10.2. The Hall–Kier alpha value is -1.69. The molecule has 19 heavy (non-hydrogen) atoms. The SMILES string of the molecule is CNc1ncc(F)cc1C(=O)N(C)CCCN(C)C. The molecule has 0 aliphatic heterocycles. The number of nitrogens with zero attached hydrogens (tertiary/aromatic N) is 3. The first-order valence-electron chi connectivity index (χ1n) is 6.19. The number of rotatable bonds is 6. The average molecular weight is 268 g/mol. The Morgan fingerprint density at radius 1 is 1.37 bits per heavy atom. The second-order valence-corrected chi connectivity index (χ2v) is 4.68. The number of anilines is 1. The van der Waals surface area contributed by atoms with Crippen molar-refractivity contribution in [1.82, 2.24) is 14.8 Å². The molecule has 1 amide bonds. The van der Waals surface area contributed by atoms with Crippen LogP contribution in [-0.2, 0) is 0 Å². The maximum atomic E-state index is 13.2. The molecule has 0 aliphatic carbocycles. The minimum Gasteiger partial charge on any atom is -0.372 e. The van der Waals surface area contributed by atoms with Crippen LogP contribution in [0.3, 0.4) is 0 Å². The predicted octanol–water partition coefficient (Wildman–Crippen LogP) is 1.29. The summed E-state index contributed by atoms with van der Waals surface area (Å²) in [6, 6.07) is 1.21. The second-order valence-electron chi connectivity index (χ2n) is 4.68. The molecule has 0 aliphatic rings. The van der Waals surface area contributed by atoms with Gasteiger partial charge in [0.25, 0.3) is 5.91 Å². The zero-order valence-corrected chi connectivity index (χ0v) is 11.9. The first-order chi connectivity index (χ1) is 8.95. The van der Waals surface area contributed by atoms with Crippen molar-refractivity contribution in [2.75, 3.05) is 46.6 Å². The van der Waals surface area contributed by atoms with Crippen molar-refractivity contribution in [3.63, 3.8) is 0 Å². The maximum absolute atomic E-state index is 13.2. The summed E-state index contributed by atoms with van der Waals surface area (Å²) in [5, 5.41) is 2.80. The minimum absolute atomic E-state index is 0.227. The van der Waals surface area contributed by atoms with E-state index in [1.165, 1.54) is 6.07 Å². The van der Waals surface area contributed by atoms with E-state index in [1.807, 2.05) is 14.1 Å². The molecule has 0 unspecified atom stereocenters. The molecule has 0 fully saturated rings. The molecule has 0 radical (unpaired) electrons. The molecule has 1 aromatic heterocycles. The second kappa shape index (κ2) is 7.04. The lowest BCUT2D eigenvalue weighted by Crippen LogP contribution is -2.30. The van der Waals surface area contributed by atoms with Gasteiger partial charge in [0.2, 0.25) is 0 Å². The first-order valence-corrected chi connectivity index (χ1v) is 6.19. The molecule has 6 heteroatoms. The van der Waals surface area contributed by atoms with Crippen molar-refractivity contribution in [3.8, 4) is 0 Å². The minimum atomic E-state index is -0.510. The summed E-state index contributed by atoms with van der Waals surface area (Å²) in [6.45, 7) is 1.52. The third kappa shape index (κ3) is 4.48. The Morgan fingerprint density at radius 2 is 2.05 bits per heavy atom. The van der Waals surface area contributed by atoms with E-state index in [-0.39, 0.29) is 11.5 Å². The lowest BCUT2D eigenvalue weighted by Gasteiger charge is -2.19. The molecule has 0 spiro atoms. The fourth-order valence-corrected chi connectivity index (χ4v) is 1.73. The van der Waals surface area contributed by atoms with Crippen LogP contribution in [0.5, 0.6) is 0 Å². The van der Waals surface area contributed by atoms with Gasteiger partial charge < -0.3 is 15.1 Å². The number of pyridine rings is 1. The standard InChI is InChI=1S/C13H21FN4O/c1-15-12-11(8-10(14)9-16-12)13(19)18(4)7-5-6-17(2)3/h8-9H,5-7H2,1-4H3,(H,15,16). The monoisotopic (exact) mass is 268 g/mol. The van der Waals surface area contributed by atoms with Crippen molar-refractivity contribution in [1.29, 1.82) is 0 Å². The number of nitrogens with one attached hydrogen (secondary N) is 1. The van der Waals surface area contributed by atoms with Crippen molar-refractivity contribution < 1.29 is 9.18 Å². The summed E-state index contributed by atoms with van der Waals surface area (Å²) in [4.78, 5) is 19.7. The molecule has 0 aromatic carbocycles. The van der Waals surface area contributed by atoms with Gasteiger partial charge in [-0.05, 0) is 33.1 Å². The van der Waals surface area contributed by atoms with E-state index in [4.69, 9.17) is 0 Å². The molecule has 5 nitrogen and oxygen atoms in total. The predicted molar refractivity (Wildman–Crippen MR) is 73.9 cm³/mol. The van der Waals surface area contributed by atoms with Gasteiger partial charge in [0.15, 0.2) is 0 Å². The van der Waals surface area contributed by atoms with E-state index in [0.717, 1.165) is 19.2 Å². The Kier molecular flexibility index (Phi) is 5.69. The third-order valence-electron chi connectivity index (χ3n) is 2.77. The van der Waals surface area contributed by atoms with Gasteiger partial charge in [-0.15, -0.1) is 0 Å². The van der Waals surface area contributed by atoms with Crippen molar-refractivity contribution in [2.24, 2.45) is 0 Å². The van der Waals surface area contributed by atoms with Gasteiger partial charge in [0.05, 0.1) is 11.8 Å². The largest absolute Gasteiger partial charge is 0.372 e. The summed E-state index contributed by atoms with van der Waals surface area (Å²) in [5.41, 5.74) is 0.259. The molecule has 106 valence electrons. The molecule has 0 atom stereocenters. The highest BCUT2D eigenvalue weighted by atomic mass is 19.1. The number of hydrogen-bond donors (Lipinski definition) is 1. The number of halogens is 1. The topological polar surface area (TPSA) is 48.5 Å². The number of hydrogen-bond acceptors (Lipinski definition) is 4. The van der Waals surface area contributed by atoms with Crippen LogP contribution < -0.4 is 5.32 Å². The van der Waals surface area contributed by atoms with Gasteiger partial charge in [0.1, 0.15) is 11.6 Å². The number of amides is 1. The van der Waals surface area contributed by atoms with Gasteiger partial charge in [-0.25, -0.2) is 9.37 Å². The van der Waals surface area contributed by atoms with Gasteiger partial charge in [-0.1, -0.05) is 0 Å². The molecular formula is C13H21FN4O. The molecule has 0 saturated carbocycles. The Bertz CT molecular complexity index is 437. The number of carbonyl (C=O) groups excluding carboxylic acids is 1. The third-order valence-corrected chi connectivity index (χ3v) is 2.77. The van der Waals surface area contributed by atoms with Crippen LogP contribution in [0.4, 0.5) is 10.2 Å². The quantitative estimate of drug-likeness (QED) is 0.844. The molecule has 1 aromatic rings. The highest BCUT2D eigenvalue weighted by molar-refractivity contribution is 5.98. The van der Waals surface area contributed by atoms with Crippen molar-refractivity contribution >= 4 is 11.7 Å². The zero-order chi connectivity index (χ0) is 14.4. The van der Waals surface area contributed by atoms with E-state index in [9.17, 15) is 9.18 Å². The van der Waals surface area contributed by atoms with Gasteiger partial charge in [-0.3, -0.25) is 4.79 Å². The molecule has 1 heterocycles. The highest BCUT2D eigenvalue weighted by Crippen LogP contribution is 2.15. The van der Waals surface area contributed by atoms with Crippen LogP contribution in [0.25, 0.3) is 0 Å². The Morgan fingerprint density at radius 3 is 2.63 bits per heavy atom. The molecule has 0 saturated heterocycles. The summed E-state index contributed by atoms with van der Waals surface area (Å²) >= 11 is 0. The molecule has 1 N–H and O–H groups in total. The smallest absolute Gasteiger partial charge is 0.257 e. The van der Waals surface area contributed by atoms with Crippen LogP contribution in [0, 0.1) is 5.82 Å². The Labute approximate surface area is 113 Å². The zero-order valence-electron chi connectivity index (χ0n) is 11.9. The van der Waals surface area contributed by atoms with Crippen LogP contribution in [0.15, 0.2) is 12.3 Å². The molecule has 0 bridgehead atoms. The summed E-state index contributed by atoms with van der Waals surface area (Å²) in [5.74, 6) is -0.343. The van der Waals surface area contributed by atoms with Crippen molar-refractivity contribution in [2.45, 2.75) is 6.42 Å². The molecular weight excluding hydrogens is 247 g/mol. The van der Waals surface area contributed by atoms with Crippen molar-refractivity contribution in [3.05, 3.63) is 23.6 Å². The normalized spacial score (nSPS) is 10.6. The van der Waals surface area contributed by atoms with E-state index < -0.39 is 5.82 Å². The van der Waals surface area contributed by atoms with Crippen LogP contribution >= 0.6 is 0 Å². The highest BCUT2D eigenvalue weighted by Gasteiger charge is 2.17. The van der Waals surface area contributed by atoms with Gasteiger partial charge in [0, 0.05) is 20.6 Å². The van der Waals surface area contributed by atoms with E-state index in [2.05, 4.69) is 15.2 Å². The number of carbonyl (C=O) groups is 1. The first kappa shape index (κ1) is 15.4. The summed E-state index contributed by atoms with van der Waals surface area (Å²) in [6.07, 6.45) is 1.96. The fourth-order valence-electron chi connectivity index (χ4n) is 1.73. The van der Waals surface area contributed by atoms with Crippen LogP contribution in [0.1, 0.15) is 16.8 Å². The maximum Gasteiger partial charge on any atom is 0.257 e. The average Bonchev–Trinajstić information content (AvgIpc) is 2.37.